The van der Waals surface area contributed by atoms with Gasteiger partial charge in [0.2, 0.25) is 5.67 Å². The smallest absolute Gasteiger partial charge is 0.416 e. The number of nitrogens with zero attached hydrogens (tertiary/aromatic N) is 3. The van der Waals surface area contributed by atoms with Crippen molar-refractivity contribution in [3.63, 3.8) is 0 Å². The van der Waals surface area contributed by atoms with E-state index in [9.17, 15) is 27.9 Å². The third kappa shape index (κ3) is 6.80. The fourth-order valence-electron chi connectivity index (χ4n) is 8.82. The third-order valence-corrected chi connectivity index (χ3v) is 11.6. The molecule has 50 heavy (non-hydrogen) atoms. The van der Waals surface area contributed by atoms with Gasteiger partial charge < -0.3 is 29.1 Å². The van der Waals surface area contributed by atoms with Crippen LogP contribution in [0.4, 0.5) is 23.2 Å². The summed E-state index contributed by atoms with van der Waals surface area (Å²) in [5, 5.41) is 9.54. The molecule has 0 bridgehead atoms. The van der Waals surface area contributed by atoms with Crippen LogP contribution in [0.15, 0.2) is 42.5 Å². The number of carboxylic acids is 1. The molecule has 0 spiro atoms. The van der Waals surface area contributed by atoms with E-state index in [0.29, 0.717) is 29.1 Å². The number of halogens is 4. The highest BCUT2D eigenvalue weighted by Crippen LogP contribution is 2.49. The number of benzene rings is 2. The predicted octanol–water partition coefficient (Wildman–Crippen LogP) is 5.72. The SMILES string of the molecule is COC[C@@]1(OC)CN(C(=O)[C@]2(F)CN(C3CCCC3)C[C@H]2c2ccc(OC)cc2)C[C@@H]1c1ccc(C(F)(F)F)cc1N1CCC(C(=O)O)CC1. The highest BCUT2D eigenvalue weighted by atomic mass is 19.4. The lowest BCUT2D eigenvalue weighted by Crippen LogP contribution is -2.52. The van der Waals surface area contributed by atoms with Gasteiger partial charge in [-0.05, 0) is 61.1 Å². The van der Waals surface area contributed by atoms with Crippen LogP contribution in [-0.2, 0) is 25.2 Å². The Labute approximate surface area is 290 Å². The van der Waals surface area contributed by atoms with E-state index in [2.05, 4.69) is 4.90 Å². The van der Waals surface area contributed by atoms with Crippen molar-refractivity contribution in [2.24, 2.45) is 5.92 Å². The number of amides is 1. The van der Waals surface area contributed by atoms with Crippen LogP contribution in [0.25, 0.3) is 0 Å². The van der Waals surface area contributed by atoms with Crippen LogP contribution < -0.4 is 9.64 Å². The number of piperidine rings is 1. The lowest BCUT2D eigenvalue weighted by molar-refractivity contribution is -0.145. The van der Waals surface area contributed by atoms with Gasteiger partial charge in [-0.1, -0.05) is 31.0 Å². The summed E-state index contributed by atoms with van der Waals surface area (Å²) in [6.07, 6.45) is -0.0257. The van der Waals surface area contributed by atoms with Crippen LogP contribution in [-0.4, -0.2) is 111 Å². The van der Waals surface area contributed by atoms with Crippen molar-refractivity contribution >= 4 is 17.6 Å². The first kappa shape index (κ1) is 36.4. The Hall–Kier alpha value is -3.42. The van der Waals surface area contributed by atoms with Crippen molar-refractivity contribution in [1.82, 2.24) is 9.80 Å². The van der Waals surface area contributed by atoms with Gasteiger partial charge in [-0.2, -0.15) is 13.2 Å². The minimum atomic E-state index is -4.61. The quantitative estimate of drug-likeness (QED) is 0.314. The summed E-state index contributed by atoms with van der Waals surface area (Å²) in [6.45, 7) is 0.826. The molecule has 9 nitrogen and oxygen atoms in total. The Kier molecular flexibility index (Phi) is 10.4. The van der Waals surface area contributed by atoms with Crippen LogP contribution in [0, 0.1) is 5.92 Å². The number of alkyl halides is 4. The normalized spacial score (nSPS) is 28.5. The molecule has 4 fully saturated rings. The molecule has 13 heteroatoms. The van der Waals surface area contributed by atoms with Crippen molar-refractivity contribution in [2.75, 3.05) is 72.1 Å². The number of ether oxygens (including phenoxy) is 3. The van der Waals surface area contributed by atoms with Gasteiger partial charge in [-0.3, -0.25) is 14.5 Å². The van der Waals surface area contributed by atoms with Crippen molar-refractivity contribution < 1.29 is 46.5 Å². The molecule has 4 atom stereocenters. The van der Waals surface area contributed by atoms with E-state index in [0.717, 1.165) is 37.8 Å². The second-order valence-corrected chi connectivity index (χ2v) is 14.4. The Bertz CT molecular complexity index is 1530. The largest absolute Gasteiger partial charge is 0.497 e. The first-order valence-corrected chi connectivity index (χ1v) is 17.4. The summed E-state index contributed by atoms with van der Waals surface area (Å²) in [5.74, 6) is -2.96. The summed E-state index contributed by atoms with van der Waals surface area (Å²) in [5.41, 5.74) is -2.77. The van der Waals surface area contributed by atoms with Crippen molar-refractivity contribution in [3.8, 4) is 5.75 Å². The van der Waals surface area contributed by atoms with Gasteiger partial charge >= 0.3 is 12.1 Å². The first-order valence-electron chi connectivity index (χ1n) is 17.4. The molecular formula is C37H47F4N3O6. The number of hydrogen-bond donors (Lipinski definition) is 1. The zero-order valence-electron chi connectivity index (χ0n) is 28.9. The minimum absolute atomic E-state index is 0.00438. The van der Waals surface area contributed by atoms with E-state index >= 15 is 4.39 Å². The van der Waals surface area contributed by atoms with Crippen LogP contribution in [0.2, 0.25) is 0 Å². The van der Waals surface area contributed by atoms with Crippen LogP contribution in [0.5, 0.6) is 5.75 Å². The molecule has 0 radical (unpaired) electrons. The highest BCUT2D eigenvalue weighted by Gasteiger charge is 2.60. The molecule has 274 valence electrons. The third-order valence-electron chi connectivity index (χ3n) is 11.6. The zero-order valence-corrected chi connectivity index (χ0v) is 28.9. The van der Waals surface area contributed by atoms with Crippen LogP contribution in [0.3, 0.4) is 0 Å². The number of rotatable bonds is 10. The number of carboxylic acid groups (broad SMARTS) is 1. The highest BCUT2D eigenvalue weighted by molar-refractivity contribution is 5.88. The fraction of sp³-hybridized carbons (Fsp3) is 0.622. The van der Waals surface area contributed by atoms with Gasteiger partial charge in [0.05, 0.1) is 31.7 Å². The molecule has 3 heterocycles. The van der Waals surface area contributed by atoms with E-state index in [1.807, 2.05) is 12.1 Å². The number of hydrogen-bond acceptors (Lipinski definition) is 7. The summed E-state index contributed by atoms with van der Waals surface area (Å²) in [6, 6.07) is 10.9. The van der Waals surface area contributed by atoms with Crippen molar-refractivity contribution in [2.45, 2.75) is 73.8 Å². The number of likely N-dealkylation sites (tertiary alicyclic amines) is 2. The van der Waals surface area contributed by atoms with Crippen LogP contribution in [0.1, 0.15) is 67.1 Å². The summed E-state index contributed by atoms with van der Waals surface area (Å²) in [7, 11) is 4.52. The molecule has 0 aromatic heterocycles. The number of carbonyl (C=O) groups is 2. The topological polar surface area (TPSA) is 91.8 Å². The Balaban J connectivity index is 1.36. The van der Waals surface area contributed by atoms with E-state index in [-0.39, 0.29) is 58.2 Å². The Morgan fingerprint density at radius 3 is 2.18 bits per heavy atom. The molecule has 3 saturated heterocycles. The number of methoxy groups -OCH3 is 3. The minimum Gasteiger partial charge on any atom is -0.497 e. The maximum Gasteiger partial charge on any atom is 0.416 e. The first-order chi connectivity index (χ1) is 23.8. The molecular weight excluding hydrogens is 658 g/mol. The molecule has 1 saturated carbocycles. The van der Waals surface area contributed by atoms with Crippen molar-refractivity contribution in [3.05, 3.63) is 59.2 Å². The van der Waals surface area contributed by atoms with Crippen LogP contribution >= 0.6 is 0 Å². The van der Waals surface area contributed by atoms with Gasteiger partial charge in [0, 0.05) is 70.5 Å². The summed E-state index contributed by atoms with van der Waals surface area (Å²) >= 11 is 0. The van der Waals surface area contributed by atoms with Gasteiger partial charge in [-0.25, -0.2) is 4.39 Å². The average molecular weight is 706 g/mol. The van der Waals surface area contributed by atoms with Gasteiger partial charge in [0.25, 0.3) is 5.91 Å². The van der Waals surface area contributed by atoms with Crippen molar-refractivity contribution in [1.29, 1.82) is 0 Å². The monoisotopic (exact) mass is 705 g/mol. The molecule has 0 unspecified atom stereocenters. The summed E-state index contributed by atoms with van der Waals surface area (Å²) < 4.78 is 77.0. The molecule has 1 aliphatic carbocycles. The Morgan fingerprint density at radius 2 is 1.60 bits per heavy atom. The van der Waals surface area contributed by atoms with Gasteiger partial charge in [-0.15, -0.1) is 0 Å². The maximum atomic E-state index is 17.8. The standard InChI is InChI=1S/C37H47F4N3O6/c1-48-23-35(50-3)21-44(20-31(35)29-13-10-26(37(39,40)41)18-32(29)42-16-14-25(15-17-42)33(45)46)34(47)36(38)22-43(27-6-4-5-7-27)19-30(36)24-8-11-28(49-2)12-9-24/h8-13,18,25,27,30-31H,4-7,14-17,19-23H2,1-3H3,(H,45,46)/t30-,31+,35-,36-/m0/s1. The van der Waals surface area contributed by atoms with E-state index < -0.39 is 52.6 Å². The maximum absolute atomic E-state index is 17.8. The molecule has 2 aromatic rings. The average Bonchev–Trinajstić information content (AvgIpc) is 3.86. The predicted molar refractivity (Wildman–Crippen MR) is 178 cm³/mol. The number of carbonyl (C=O) groups excluding carboxylic acids is 1. The van der Waals surface area contributed by atoms with E-state index in [4.69, 9.17) is 14.2 Å². The Morgan fingerprint density at radius 1 is 0.920 bits per heavy atom. The van der Waals surface area contributed by atoms with Gasteiger partial charge in [0.1, 0.15) is 11.4 Å². The second kappa shape index (κ2) is 14.3. The molecule has 3 aliphatic heterocycles. The number of aliphatic carboxylic acids is 1. The second-order valence-electron chi connectivity index (χ2n) is 14.4. The molecule has 1 N–H and O–H groups in total. The fourth-order valence-corrected chi connectivity index (χ4v) is 8.82. The lowest BCUT2D eigenvalue weighted by Gasteiger charge is -2.38. The summed E-state index contributed by atoms with van der Waals surface area (Å²) in [4.78, 5) is 31.7. The van der Waals surface area contributed by atoms with Gasteiger partial charge in [0.15, 0.2) is 0 Å². The number of anilines is 1. The molecule has 2 aromatic carbocycles. The molecule has 6 rings (SSSR count). The lowest BCUT2D eigenvalue weighted by atomic mass is 9.83. The van der Waals surface area contributed by atoms with E-state index in [1.165, 1.54) is 25.2 Å². The zero-order chi connectivity index (χ0) is 35.8. The molecule has 4 aliphatic rings. The van der Waals surface area contributed by atoms with E-state index in [1.54, 1.807) is 24.1 Å². The molecule has 1 amide bonds.